The lowest BCUT2D eigenvalue weighted by Crippen LogP contribution is -2.46. The fourth-order valence-electron chi connectivity index (χ4n) is 3.56. The average molecular weight is 489 g/mol. The number of hydrogen-bond donors (Lipinski definition) is 1. The van der Waals surface area contributed by atoms with Crippen molar-refractivity contribution in [1.82, 2.24) is 9.21 Å². The smallest absolute Gasteiger partial charge is 0.267 e. The predicted molar refractivity (Wildman–Crippen MR) is 132 cm³/mol. The number of nitrogens with zero attached hydrogens (tertiary/aromatic N) is 3. The van der Waals surface area contributed by atoms with Crippen molar-refractivity contribution >= 4 is 21.6 Å². The molecule has 0 saturated carbocycles. The van der Waals surface area contributed by atoms with Crippen molar-refractivity contribution in [1.29, 1.82) is 5.26 Å². The van der Waals surface area contributed by atoms with Crippen LogP contribution in [0.5, 0.6) is 11.5 Å². The minimum atomic E-state index is -3.57. The summed E-state index contributed by atoms with van der Waals surface area (Å²) in [7, 11) is -3.57. The van der Waals surface area contributed by atoms with Gasteiger partial charge in [0.2, 0.25) is 10.0 Å². The zero-order valence-corrected chi connectivity index (χ0v) is 19.7. The Morgan fingerprint density at radius 3 is 2.03 bits per heavy atom. The molecule has 1 amide bonds. The molecule has 1 fully saturated rings. The lowest BCUT2D eigenvalue weighted by Gasteiger charge is -2.33. The Bertz CT molecular complexity index is 1330. The van der Waals surface area contributed by atoms with Gasteiger partial charge in [-0.15, -0.1) is 0 Å². The summed E-state index contributed by atoms with van der Waals surface area (Å²) in [5.41, 5.74) is 0.462. The van der Waals surface area contributed by atoms with Gasteiger partial charge in [-0.25, -0.2) is 8.42 Å². The van der Waals surface area contributed by atoms with Crippen molar-refractivity contribution in [3.8, 4) is 17.6 Å². The third-order valence-corrected chi connectivity index (χ3v) is 7.33. The Labute approximate surface area is 204 Å². The lowest BCUT2D eigenvalue weighted by molar-refractivity contribution is -0.112. The Morgan fingerprint density at radius 1 is 0.857 bits per heavy atom. The van der Waals surface area contributed by atoms with Crippen LogP contribution in [0.25, 0.3) is 0 Å². The summed E-state index contributed by atoms with van der Waals surface area (Å²) in [5.74, 6) is 0.785. The molecule has 1 aliphatic rings. The maximum absolute atomic E-state index is 12.8. The van der Waals surface area contributed by atoms with E-state index in [1.807, 2.05) is 36.4 Å². The topological polar surface area (TPSA) is 103 Å². The zero-order chi connectivity index (χ0) is 24.7. The molecule has 4 rings (SSSR count). The number of anilines is 1. The predicted octanol–water partition coefficient (Wildman–Crippen LogP) is 3.83. The number of amides is 1. The van der Waals surface area contributed by atoms with E-state index in [-0.39, 0.29) is 23.6 Å². The monoisotopic (exact) mass is 488 g/mol. The Morgan fingerprint density at radius 2 is 1.43 bits per heavy atom. The van der Waals surface area contributed by atoms with Crippen molar-refractivity contribution in [3.63, 3.8) is 0 Å². The average Bonchev–Trinajstić information content (AvgIpc) is 2.90. The standard InChI is InChI=1S/C26H24N4O4S/c27-19-21(20-29-15-17-30(18-16-29)35(32,33)25-9-5-2-6-10-25)26(31)28-22-11-13-24(14-12-22)34-23-7-3-1-4-8-23/h1-14,20H,15-18H2,(H,28,31)/b21-20-. The molecule has 3 aromatic carbocycles. The molecule has 1 heterocycles. The van der Waals surface area contributed by atoms with Crippen molar-refractivity contribution in [2.45, 2.75) is 4.90 Å². The van der Waals surface area contributed by atoms with Crippen LogP contribution in [0.1, 0.15) is 0 Å². The number of hydrogen-bond acceptors (Lipinski definition) is 6. The molecule has 0 spiro atoms. The number of piperazine rings is 1. The maximum Gasteiger partial charge on any atom is 0.267 e. The highest BCUT2D eigenvalue weighted by molar-refractivity contribution is 7.89. The number of nitrogens with one attached hydrogen (secondary N) is 1. The van der Waals surface area contributed by atoms with Crippen LogP contribution in [0.4, 0.5) is 5.69 Å². The SMILES string of the molecule is N#C/C(=C/N1CCN(S(=O)(=O)c2ccccc2)CC1)C(=O)Nc1ccc(Oc2ccccc2)cc1. The normalized spacial score (nSPS) is 14.7. The second kappa shape index (κ2) is 10.9. The van der Waals surface area contributed by atoms with Gasteiger partial charge in [-0.2, -0.15) is 9.57 Å². The third-order valence-electron chi connectivity index (χ3n) is 5.42. The summed E-state index contributed by atoms with van der Waals surface area (Å²) in [6.45, 7) is 1.26. The van der Waals surface area contributed by atoms with E-state index in [2.05, 4.69) is 5.32 Å². The first-order chi connectivity index (χ1) is 17.0. The molecule has 0 aliphatic carbocycles. The highest BCUT2D eigenvalue weighted by Crippen LogP contribution is 2.23. The number of ether oxygens (including phenoxy) is 1. The fraction of sp³-hybridized carbons (Fsp3) is 0.154. The molecule has 8 nitrogen and oxygen atoms in total. The molecule has 35 heavy (non-hydrogen) atoms. The van der Waals surface area contributed by atoms with Crippen LogP contribution >= 0.6 is 0 Å². The number of carbonyl (C=O) groups is 1. The molecular weight excluding hydrogens is 464 g/mol. The molecule has 0 bridgehead atoms. The van der Waals surface area contributed by atoms with Crippen LogP contribution in [0, 0.1) is 11.3 Å². The lowest BCUT2D eigenvalue weighted by atomic mass is 10.2. The second-order valence-electron chi connectivity index (χ2n) is 7.80. The van der Waals surface area contributed by atoms with Gasteiger partial charge >= 0.3 is 0 Å². The summed E-state index contributed by atoms with van der Waals surface area (Å²) >= 11 is 0. The van der Waals surface area contributed by atoms with Crippen molar-refractivity contribution < 1.29 is 17.9 Å². The molecule has 1 saturated heterocycles. The van der Waals surface area contributed by atoms with E-state index in [0.29, 0.717) is 30.3 Å². The molecule has 9 heteroatoms. The molecule has 0 unspecified atom stereocenters. The van der Waals surface area contributed by atoms with E-state index >= 15 is 0 Å². The van der Waals surface area contributed by atoms with Gasteiger partial charge in [-0.1, -0.05) is 36.4 Å². The van der Waals surface area contributed by atoms with Crippen LogP contribution < -0.4 is 10.1 Å². The van der Waals surface area contributed by atoms with Crippen molar-refractivity contribution in [3.05, 3.63) is 96.7 Å². The minimum absolute atomic E-state index is 0.0611. The van der Waals surface area contributed by atoms with E-state index in [0.717, 1.165) is 0 Å². The quantitative estimate of drug-likeness (QED) is 0.401. The van der Waals surface area contributed by atoms with Gasteiger partial charge in [0.15, 0.2) is 0 Å². The van der Waals surface area contributed by atoms with Crippen LogP contribution in [0.3, 0.4) is 0 Å². The summed E-state index contributed by atoms with van der Waals surface area (Å²) in [4.78, 5) is 14.7. The van der Waals surface area contributed by atoms with Crippen molar-refractivity contribution in [2.75, 3.05) is 31.5 Å². The molecule has 1 N–H and O–H groups in total. The number of benzene rings is 3. The third kappa shape index (κ3) is 6.06. The first-order valence-corrected chi connectivity index (χ1v) is 12.5. The van der Waals surface area contributed by atoms with Crippen LogP contribution in [0.2, 0.25) is 0 Å². The Balaban J connectivity index is 1.34. The van der Waals surface area contributed by atoms with E-state index in [9.17, 15) is 18.5 Å². The van der Waals surface area contributed by atoms with E-state index < -0.39 is 15.9 Å². The minimum Gasteiger partial charge on any atom is -0.457 e. The molecular formula is C26H24N4O4S. The number of nitriles is 1. The molecule has 0 radical (unpaired) electrons. The van der Waals surface area contributed by atoms with Crippen molar-refractivity contribution in [2.24, 2.45) is 0 Å². The van der Waals surface area contributed by atoms with Gasteiger partial charge < -0.3 is 15.0 Å². The molecule has 0 aromatic heterocycles. The van der Waals surface area contributed by atoms with Gasteiger partial charge in [-0.05, 0) is 48.5 Å². The van der Waals surface area contributed by atoms with Crippen LogP contribution in [0.15, 0.2) is 102 Å². The summed E-state index contributed by atoms with van der Waals surface area (Å²) in [6, 6.07) is 26.4. The van der Waals surface area contributed by atoms with E-state index in [1.165, 1.54) is 10.5 Å². The van der Waals surface area contributed by atoms with E-state index in [1.54, 1.807) is 59.5 Å². The maximum atomic E-state index is 12.8. The van der Waals surface area contributed by atoms with E-state index in [4.69, 9.17) is 4.74 Å². The number of para-hydroxylation sites is 1. The highest BCUT2D eigenvalue weighted by atomic mass is 32.2. The van der Waals surface area contributed by atoms with Gasteiger partial charge in [0.05, 0.1) is 4.90 Å². The first kappa shape index (κ1) is 24.0. The Hall–Kier alpha value is -4.13. The van der Waals surface area contributed by atoms with Gasteiger partial charge in [0, 0.05) is 38.1 Å². The van der Waals surface area contributed by atoms with Crippen LogP contribution in [-0.4, -0.2) is 49.7 Å². The molecule has 178 valence electrons. The fourth-order valence-corrected chi connectivity index (χ4v) is 5.01. The molecule has 1 aliphatic heterocycles. The summed E-state index contributed by atoms with van der Waals surface area (Å²) in [6.07, 6.45) is 1.48. The van der Waals surface area contributed by atoms with Gasteiger partial charge in [0.25, 0.3) is 5.91 Å². The van der Waals surface area contributed by atoms with Gasteiger partial charge in [-0.3, -0.25) is 4.79 Å². The zero-order valence-electron chi connectivity index (χ0n) is 18.9. The second-order valence-corrected chi connectivity index (χ2v) is 9.74. The first-order valence-electron chi connectivity index (χ1n) is 11.0. The summed E-state index contributed by atoms with van der Waals surface area (Å²) < 4.78 is 32.7. The number of rotatable bonds is 7. The largest absolute Gasteiger partial charge is 0.457 e. The van der Waals surface area contributed by atoms with Gasteiger partial charge in [0.1, 0.15) is 23.1 Å². The highest BCUT2D eigenvalue weighted by Gasteiger charge is 2.28. The molecule has 0 atom stereocenters. The Kier molecular flexibility index (Phi) is 7.45. The molecule has 3 aromatic rings. The summed E-state index contributed by atoms with van der Waals surface area (Å²) in [5, 5.41) is 12.2. The van der Waals surface area contributed by atoms with Crippen LogP contribution in [-0.2, 0) is 14.8 Å². The number of carbonyl (C=O) groups excluding carboxylic acids is 1. The number of sulfonamides is 1.